The van der Waals surface area contributed by atoms with E-state index in [1.54, 1.807) is 30.2 Å². The van der Waals surface area contributed by atoms with E-state index in [0.717, 1.165) is 29.3 Å². The number of methoxy groups -OCH3 is 1. The molecule has 2 aliphatic heterocycles. The SMILES string of the molecule is COc1ccc2c(c1C=CC1CCN(C(=O)OC(C)(C)C)CC1)OC(=Cc1n[nH]c3ccccc13)C2=O. The number of nitrogens with one attached hydrogen (secondary N) is 1. The molecule has 1 aromatic heterocycles. The summed E-state index contributed by atoms with van der Waals surface area (Å²) in [6.07, 6.45) is 7.13. The van der Waals surface area contributed by atoms with Gasteiger partial charge in [0, 0.05) is 24.6 Å². The number of piperidine rings is 1. The Kier molecular flexibility index (Phi) is 6.50. The van der Waals surface area contributed by atoms with Crippen LogP contribution in [-0.2, 0) is 4.74 Å². The van der Waals surface area contributed by atoms with Crippen LogP contribution in [-0.4, -0.2) is 52.8 Å². The Bertz CT molecular complexity index is 1400. The van der Waals surface area contributed by atoms with Crippen LogP contribution >= 0.6 is 0 Å². The molecule has 0 aliphatic carbocycles. The van der Waals surface area contributed by atoms with E-state index in [1.807, 2.05) is 51.1 Å². The quantitative estimate of drug-likeness (QED) is 0.451. The van der Waals surface area contributed by atoms with Gasteiger partial charge in [0.25, 0.3) is 0 Å². The first-order valence-electron chi connectivity index (χ1n) is 12.5. The molecule has 8 nitrogen and oxygen atoms in total. The van der Waals surface area contributed by atoms with E-state index in [4.69, 9.17) is 14.2 Å². The van der Waals surface area contributed by atoms with Crippen molar-refractivity contribution < 1.29 is 23.8 Å². The largest absolute Gasteiger partial charge is 0.496 e. The Balaban J connectivity index is 1.34. The van der Waals surface area contributed by atoms with E-state index in [2.05, 4.69) is 16.3 Å². The minimum atomic E-state index is -0.507. The van der Waals surface area contributed by atoms with Crippen molar-refractivity contribution in [1.82, 2.24) is 15.1 Å². The second-order valence-electron chi connectivity index (χ2n) is 10.3. The molecule has 1 fully saturated rings. The molecular weight excluding hydrogens is 470 g/mol. The maximum absolute atomic E-state index is 13.2. The molecule has 0 saturated carbocycles. The minimum Gasteiger partial charge on any atom is -0.496 e. The number of rotatable bonds is 4. The van der Waals surface area contributed by atoms with Gasteiger partial charge in [0.05, 0.1) is 29.4 Å². The number of carbonyl (C=O) groups excluding carboxylic acids is 2. The number of Topliss-reactive ketones (excluding diaryl/α,β-unsaturated/α-hetero) is 1. The van der Waals surface area contributed by atoms with E-state index >= 15 is 0 Å². The summed E-state index contributed by atoms with van der Waals surface area (Å²) < 4.78 is 17.2. The summed E-state index contributed by atoms with van der Waals surface area (Å²) in [6.45, 7) is 6.88. The molecule has 5 rings (SSSR count). The zero-order chi connectivity index (χ0) is 26.2. The highest BCUT2D eigenvalue weighted by Gasteiger charge is 2.32. The lowest BCUT2D eigenvalue weighted by Crippen LogP contribution is -2.41. The molecule has 0 unspecified atom stereocenters. The van der Waals surface area contributed by atoms with Gasteiger partial charge in [-0.3, -0.25) is 9.89 Å². The van der Waals surface area contributed by atoms with Crippen LogP contribution in [0.4, 0.5) is 4.79 Å². The van der Waals surface area contributed by atoms with Gasteiger partial charge in [-0.2, -0.15) is 5.10 Å². The lowest BCUT2D eigenvalue weighted by atomic mass is 9.95. The van der Waals surface area contributed by atoms with E-state index in [1.165, 1.54) is 0 Å². The van der Waals surface area contributed by atoms with E-state index in [-0.39, 0.29) is 23.6 Å². The Labute approximate surface area is 215 Å². The van der Waals surface area contributed by atoms with Gasteiger partial charge in [-0.15, -0.1) is 0 Å². The van der Waals surface area contributed by atoms with Gasteiger partial charge in [-0.05, 0) is 57.7 Å². The standard InChI is InChI=1S/C29H31N3O5/c1-29(2,3)37-28(34)32-15-13-18(14-16-32)9-10-20-24(35-4)12-11-21-26(33)25(36-27(20)21)17-23-19-7-5-6-8-22(19)30-31-23/h5-12,17-18H,13-16H2,1-4H3,(H,30,31). The zero-order valence-corrected chi connectivity index (χ0v) is 21.5. The van der Waals surface area contributed by atoms with Gasteiger partial charge >= 0.3 is 6.09 Å². The summed E-state index contributed by atoms with van der Waals surface area (Å²) in [6, 6.07) is 11.3. The molecule has 8 heteroatoms. The Hall–Kier alpha value is -4.07. The van der Waals surface area contributed by atoms with Crippen LogP contribution in [0.25, 0.3) is 23.1 Å². The third kappa shape index (κ3) is 5.09. The number of aromatic amines is 1. The predicted molar refractivity (Wildman–Crippen MR) is 142 cm³/mol. The molecule has 3 aromatic rings. The molecular formula is C29H31N3O5. The van der Waals surface area contributed by atoms with Gasteiger partial charge in [0.15, 0.2) is 5.76 Å². The first kappa shape index (κ1) is 24.6. The lowest BCUT2D eigenvalue weighted by Gasteiger charge is -2.32. The number of H-pyrrole nitrogens is 1. The summed E-state index contributed by atoms with van der Waals surface area (Å²) in [7, 11) is 1.60. The number of nitrogens with zero attached hydrogens (tertiary/aromatic N) is 2. The van der Waals surface area contributed by atoms with Crippen molar-refractivity contribution in [3.8, 4) is 11.5 Å². The van der Waals surface area contributed by atoms with Gasteiger partial charge < -0.3 is 19.1 Å². The zero-order valence-electron chi connectivity index (χ0n) is 21.5. The topological polar surface area (TPSA) is 93.8 Å². The van der Waals surface area contributed by atoms with Crippen LogP contribution in [0.1, 0.15) is 55.2 Å². The maximum atomic E-state index is 13.2. The number of ether oxygens (including phenoxy) is 3. The van der Waals surface area contributed by atoms with Crippen LogP contribution in [0, 0.1) is 5.92 Å². The average molecular weight is 502 g/mol. The highest BCUT2D eigenvalue weighted by molar-refractivity contribution is 6.15. The van der Waals surface area contributed by atoms with Gasteiger partial charge in [0.1, 0.15) is 17.1 Å². The monoisotopic (exact) mass is 501 g/mol. The number of hydrogen-bond acceptors (Lipinski definition) is 6. The molecule has 1 saturated heterocycles. The summed E-state index contributed by atoms with van der Waals surface area (Å²) >= 11 is 0. The molecule has 1 N–H and O–H groups in total. The molecule has 0 spiro atoms. The predicted octanol–water partition coefficient (Wildman–Crippen LogP) is 5.85. The number of ketones is 1. The van der Waals surface area contributed by atoms with Crippen molar-refractivity contribution in [2.75, 3.05) is 20.2 Å². The second-order valence-corrected chi connectivity index (χ2v) is 10.3. The average Bonchev–Trinajstić information content (AvgIpc) is 3.43. The van der Waals surface area contributed by atoms with Gasteiger partial charge in [-0.25, -0.2) is 4.79 Å². The fourth-order valence-electron chi connectivity index (χ4n) is 4.64. The van der Waals surface area contributed by atoms with Gasteiger partial charge in [0.2, 0.25) is 5.78 Å². The van der Waals surface area contributed by atoms with Crippen molar-refractivity contribution in [2.24, 2.45) is 5.92 Å². The highest BCUT2D eigenvalue weighted by Crippen LogP contribution is 2.41. The molecule has 0 radical (unpaired) electrons. The number of benzene rings is 2. The molecule has 3 heterocycles. The number of allylic oxidation sites excluding steroid dienone is 2. The van der Waals surface area contributed by atoms with Crippen molar-refractivity contribution in [1.29, 1.82) is 0 Å². The Morgan fingerprint density at radius 1 is 1.16 bits per heavy atom. The Morgan fingerprint density at radius 3 is 2.65 bits per heavy atom. The van der Waals surface area contributed by atoms with Crippen LogP contribution < -0.4 is 9.47 Å². The summed E-state index contributed by atoms with van der Waals surface area (Å²) in [5.41, 5.74) is 2.24. The first-order valence-corrected chi connectivity index (χ1v) is 12.5. The van der Waals surface area contributed by atoms with Gasteiger partial charge in [-0.1, -0.05) is 30.4 Å². The maximum Gasteiger partial charge on any atom is 0.410 e. The van der Waals surface area contributed by atoms with Crippen LogP contribution in [0.5, 0.6) is 11.5 Å². The molecule has 0 atom stereocenters. The molecule has 2 aromatic carbocycles. The smallest absolute Gasteiger partial charge is 0.410 e. The number of carbonyl (C=O) groups is 2. The number of hydrogen-bond donors (Lipinski definition) is 1. The van der Waals surface area contributed by atoms with Crippen molar-refractivity contribution in [2.45, 2.75) is 39.2 Å². The molecule has 1 amide bonds. The van der Waals surface area contributed by atoms with Crippen molar-refractivity contribution in [3.05, 3.63) is 65.1 Å². The Morgan fingerprint density at radius 2 is 1.92 bits per heavy atom. The number of fused-ring (bicyclic) bond motifs is 2. The van der Waals surface area contributed by atoms with E-state index in [0.29, 0.717) is 35.8 Å². The van der Waals surface area contributed by atoms with E-state index in [9.17, 15) is 9.59 Å². The third-order valence-corrected chi connectivity index (χ3v) is 6.55. The number of likely N-dealkylation sites (tertiary alicyclic amines) is 1. The molecule has 0 bridgehead atoms. The highest BCUT2D eigenvalue weighted by atomic mass is 16.6. The minimum absolute atomic E-state index is 0.190. The fourth-order valence-corrected chi connectivity index (χ4v) is 4.64. The molecule has 2 aliphatic rings. The molecule has 192 valence electrons. The summed E-state index contributed by atoms with van der Waals surface area (Å²) in [5.74, 6) is 1.42. The second kappa shape index (κ2) is 9.76. The lowest BCUT2D eigenvalue weighted by molar-refractivity contribution is 0.0197. The number of aromatic nitrogens is 2. The molecule has 37 heavy (non-hydrogen) atoms. The van der Waals surface area contributed by atoms with E-state index < -0.39 is 5.60 Å². The van der Waals surface area contributed by atoms with Crippen LogP contribution in [0.15, 0.2) is 48.2 Å². The summed E-state index contributed by atoms with van der Waals surface area (Å²) in [5, 5.41) is 8.23. The number of amides is 1. The van der Waals surface area contributed by atoms with Crippen molar-refractivity contribution >= 4 is 34.9 Å². The van der Waals surface area contributed by atoms with Crippen LogP contribution in [0.2, 0.25) is 0 Å². The normalized spacial score (nSPS) is 17.5. The summed E-state index contributed by atoms with van der Waals surface area (Å²) in [4.78, 5) is 27.3. The van der Waals surface area contributed by atoms with Crippen LogP contribution in [0.3, 0.4) is 0 Å². The third-order valence-electron chi connectivity index (χ3n) is 6.55. The fraction of sp³-hybridized carbons (Fsp3) is 0.345. The first-order chi connectivity index (χ1) is 17.7. The number of para-hydroxylation sites is 1. The van der Waals surface area contributed by atoms with Crippen molar-refractivity contribution in [3.63, 3.8) is 0 Å².